The number of carboxylic acid groups (broad SMARTS) is 1. The molecule has 0 bridgehead atoms. The summed E-state index contributed by atoms with van der Waals surface area (Å²) in [5.74, 6) is -0.991. The molecule has 0 saturated heterocycles. The Morgan fingerprint density at radius 1 is 1.19 bits per heavy atom. The highest BCUT2D eigenvalue weighted by Gasteiger charge is 2.09. The molecule has 0 fully saturated rings. The molecule has 1 heterocycles. The van der Waals surface area contributed by atoms with Gasteiger partial charge in [-0.15, -0.1) is 0 Å². The number of carboxylic acids is 1. The first-order chi connectivity index (χ1) is 10.1. The fourth-order valence-electron chi connectivity index (χ4n) is 1.67. The summed E-state index contributed by atoms with van der Waals surface area (Å²) in [7, 11) is 0. The summed E-state index contributed by atoms with van der Waals surface area (Å²) in [6, 6.07) is 11.2. The number of nitrogens with one attached hydrogen (secondary N) is 1. The number of esters is 1. The Kier molecular flexibility index (Phi) is 4.50. The molecule has 21 heavy (non-hydrogen) atoms. The second-order valence-electron chi connectivity index (χ2n) is 4.14. The normalized spacial score (nSPS) is 9.95. The lowest BCUT2D eigenvalue weighted by Crippen LogP contribution is -2.08. The maximum absolute atomic E-state index is 11.6. The van der Waals surface area contributed by atoms with Crippen LogP contribution in [0.25, 0.3) is 0 Å². The number of hydrogen-bond donors (Lipinski definition) is 2. The predicted molar refractivity (Wildman–Crippen MR) is 76.9 cm³/mol. The fraction of sp³-hybridized carbons (Fsp3) is 0.133. The number of carbonyl (C=O) groups is 2. The summed E-state index contributed by atoms with van der Waals surface area (Å²) in [5.41, 5.74) is 1.09. The first-order valence-electron chi connectivity index (χ1n) is 6.34. The minimum atomic E-state index is -0.982. The quantitative estimate of drug-likeness (QED) is 0.821. The Morgan fingerprint density at radius 2 is 1.90 bits per heavy atom. The Labute approximate surface area is 121 Å². The van der Waals surface area contributed by atoms with Gasteiger partial charge in [-0.3, -0.25) is 0 Å². The minimum Gasteiger partial charge on any atom is -0.478 e. The molecule has 0 radical (unpaired) electrons. The first-order valence-corrected chi connectivity index (χ1v) is 6.34. The average molecular weight is 286 g/mol. The van der Waals surface area contributed by atoms with Crippen molar-refractivity contribution in [1.29, 1.82) is 0 Å². The molecule has 1 aromatic carbocycles. The molecule has 108 valence electrons. The number of hydrogen-bond acceptors (Lipinski definition) is 5. The number of carbonyl (C=O) groups excluding carboxylic acids is 1. The zero-order valence-corrected chi connectivity index (χ0v) is 11.4. The van der Waals surface area contributed by atoms with Gasteiger partial charge in [0, 0.05) is 5.69 Å². The lowest BCUT2D eigenvalue weighted by molar-refractivity contribution is 0.0519. The summed E-state index contributed by atoms with van der Waals surface area (Å²) >= 11 is 0. The molecule has 0 amide bonds. The maximum Gasteiger partial charge on any atom is 0.356 e. The zero-order valence-electron chi connectivity index (χ0n) is 11.4. The van der Waals surface area contributed by atoms with Crippen molar-refractivity contribution >= 4 is 23.4 Å². The van der Waals surface area contributed by atoms with Crippen LogP contribution in [0.5, 0.6) is 0 Å². The Bertz CT molecular complexity index is 653. The first kappa shape index (κ1) is 14.5. The van der Waals surface area contributed by atoms with E-state index in [1.807, 2.05) is 0 Å². The van der Waals surface area contributed by atoms with Crippen molar-refractivity contribution in [2.75, 3.05) is 11.9 Å². The van der Waals surface area contributed by atoms with Gasteiger partial charge in [-0.2, -0.15) is 0 Å². The molecule has 0 aliphatic heterocycles. The highest BCUT2D eigenvalue weighted by Crippen LogP contribution is 2.16. The van der Waals surface area contributed by atoms with Crippen LogP contribution in [0.15, 0.2) is 42.5 Å². The smallest absolute Gasteiger partial charge is 0.356 e. The Morgan fingerprint density at radius 3 is 2.52 bits per heavy atom. The topological polar surface area (TPSA) is 88.5 Å². The van der Waals surface area contributed by atoms with E-state index in [2.05, 4.69) is 10.3 Å². The van der Waals surface area contributed by atoms with Gasteiger partial charge in [0.15, 0.2) is 5.69 Å². The molecule has 2 N–H and O–H groups in total. The average Bonchev–Trinajstić information content (AvgIpc) is 2.48. The van der Waals surface area contributed by atoms with Crippen LogP contribution in [0.4, 0.5) is 11.5 Å². The molecule has 0 spiro atoms. The monoisotopic (exact) mass is 286 g/mol. The van der Waals surface area contributed by atoms with Crippen molar-refractivity contribution in [3.63, 3.8) is 0 Å². The number of nitrogens with zero attached hydrogens (tertiary/aromatic N) is 1. The van der Waals surface area contributed by atoms with E-state index in [0.717, 1.165) is 0 Å². The van der Waals surface area contributed by atoms with E-state index >= 15 is 0 Å². The van der Waals surface area contributed by atoms with E-state index in [-0.39, 0.29) is 17.9 Å². The van der Waals surface area contributed by atoms with Crippen LogP contribution in [-0.2, 0) is 4.74 Å². The van der Waals surface area contributed by atoms with Crippen molar-refractivity contribution in [1.82, 2.24) is 4.98 Å². The van der Waals surface area contributed by atoms with Crippen molar-refractivity contribution in [3.8, 4) is 0 Å². The molecule has 0 aliphatic rings. The SMILES string of the molecule is CCOC(=O)c1cccc(Nc2ccc(C(=O)O)cc2)n1. The van der Waals surface area contributed by atoms with E-state index in [1.54, 1.807) is 37.3 Å². The second kappa shape index (κ2) is 6.51. The number of aromatic carboxylic acids is 1. The summed E-state index contributed by atoms with van der Waals surface area (Å²) in [6.07, 6.45) is 0. The molecule has 2 rings (SSSR count). The molecule has 6 nitrogen and oxygen atoms in total. The number of aromatic nitrogens is 1. The Hall–Kier alpha value is -2.89. The molecule has 0 atom stereocenters. The van der Waals surface area contributed by atoms with Gasteiger partial charge in [0.1, 0.15) is 5.82 Å². The maximum atomic E-state index is 11.6. The third-order valence-corrected chi connectivity index (χ3v) is 2.64. The van der Waals surface area contributed by atoms with Crippen molar-refractivity contribution in [2.24, 2.45) is 0 Å². The van der Waals surface area contributed by atoms with Crippen LogP contribution in [0.3, 0.4) is 0 Å². The molecule has 0 unspecified atom stereocenters. The van der Waals surface area contributed by atoms with E-state index in [0.29, 0.717) is 11.5 Å². The molecule has 6 heteroatoms. The minimum absolute atomic E-state index is 0.203. The number of rotatable bonds is 5. The third-order valence-electron chi connectivity index (χ3n) is 2.64. The summed E-state index contributed by atoms with van der Waals surface area (Å²) < 4.78 is 4.88. The highest BCUT2D eigenvalue weighted by atomic mass is 16.5. The fourth-order valence-corrected chi connectivity index (χ4v) is 1.67. The van der Waals surface area contributed by atoms with Gasteiger partial charge in [-0.05, 0) is 43.3 Å². The van der Waals surface area contributed by atoms with Crippen molar-refractivity contribution in [3.05, 3.63) is 53.7 Å². The lowest BCUT2D eigenvalue weighted by Gasteiger charge is -2.07. The van der Waals surface area contributed by atoms with Crippen LogP contribution in [0.1, 0.15) is 27.8 Å². The van der Waals surface area contributed by atoms with Gasteiger partial charge in [-0.25, -0.2) is 14.6 Å². The number of pyridine rings is 1. The molecule has 0 aliphatic carbocycles. The van der Waals surface area contributed by atoms with Crippen LogP contribution in [0.2, 0.25) is 0 Å². The van der Waals surface area contributed by atoms with Gasteiger partial charge in [0.2, 0.25) is 0 Å². The molecule has 1 aromatic heterocycles. The summed E-state index contributed by atoms with van der Waals surface area (Å²) in [5, 5.41) is 11.8. The molecular weight excluding hydrogens is 272 g/mol. The molecular formula is C15H14N2O4. The zero-order chi connectivity index (χ0) is 15.2. The van der Waals surface area contributed by atoms with Gasteiger partial charge >= 0.3 is 11.9 Å². The van der Waals surface area contributed by atoms with E-state index in [4.69, 9.17) is 9.84 Å². The Balaban J connectivity index is 2.14. The van der Waals surface area contributed by atoms with Crippen LogP contribution >= 0.6 is 0 Å². The predicted octanol–water partition coefficient (Wildman–Crippen LogP) is 2.70. The largest absolute Gasteiger partial charge is 0.478 e. The number of anilines is 2. The second-order valence-corrected chi connectivity index (χ2v) is 4.14. The summed E-state index contributed by atoms with van der Waals surface area (Å²) in [4.78, 5) is 26.5. The van der Waals surface area contributed by atoms with Crippen LogP contribution < -0.4 is 5.32 Å². The van der Waals surface area contributed by atoms with Gasteiger partial charge < -0.3 is 15.2 Å². The van der Waals surface area contributed by atoms with Gasteiger partial charge in [0.05, 0.1) is 12.2 Å². The summed E-state index contributed by atoms with van der Waals surface area (Å²) in [6.45, 7) is 2.01. The van der Waals surface area contributed by atoms with E-state index in [9.17, 15) is 9.59 Å². The number of benzene rings is 1. The third kappa shape index (κ3) is 3.79. The van der Waals surface area contributed by atoms with Gasteiger partial charge in [0.25, 0.3) is 0 Å². The number of ether oxygens (including phenoxy) is 1. The van der Waals surface area contributed by atoms with Crippen LogP contribution in [0, 0.1) is 0 Å². The van der Waals surface area contributed by atoms with Crippen molar-refractivity contribution in [2.45, 2.75) is 6.92 Å². The highest BCUT2D eigenvalue weighted by molar-refractivity contribution is 5.88. The molecule has 2 aromatic rings. The van der Waals surface area contributed by atoms with E-state index in [1.165, 1.54) is 12.1 Å². The molecule has 0 saturated carbocycles. The standard InChI is InChI=1S/C15H14N2O4/c1-2-21-15(20)12-4-3-5-13(17-12)16-11-8-6-10(7-9-11)14(18)19/h3-9H,2H2,1H3,(H,16,17)(H,18,19). The van der Waals surface area contributed by atoms with Crippen molar-refractivity contribution < 1.29 is 19.4 Å². The van der Waals surface area contributed by atoms with Gasteiger partial charge in [-0.1, -0.05) is 6.07 Å². The van der Waals surface area contributed by atoms with Crippen LogP contribution in [-0.4, -0.2) is 28.6 Å². The lowest BCUT2D eigenvalue weighted by atomic mass is 10.2. The van der Waals surface area contributed by atoms with E-state index < -0.39 is 11.9 Å².